The first kappa shape index (κ1) is 23.0. The van der Waals surface area contributed by atoms with E-state index in [2.05, 4.69) is 6.92 Å². The fraction of sp³-hybridized carbons (Fsp3) is 1.00. The minimum atomic E-state index is -0.914. The molecular formula is C21H40O6. The monoisotopic (exact) mass is 388 g/mol. The number of ether oxygens (including phenoxy) is 4. The Morgan fingerprint density at radius 1 is 0.852 bits per heavy atom. The van der Waals surface area contributed by atoms with E-state index in [0.29, 0.717) is 6.61 Å². The minimum absolute atomic E-state index is 0.189. The van der Waals surface area contributed by atoms with Crippen LogP contribution in [0.4, 0.5) is 0 Å². The average Bonchev–Trinajstić information content (AvgIpc) is 2.97. The maximum atomic E-state index is 10.5. The molecule has 2 aliphatic heterocycles. The first-order valence-corrected chi connectivity index (χ1v) is 10.9. The SMILES string of the molecule is CCCCCCCCCCCCO[C@@H]1O[C@H](CO)[C@@H]2OC(C)(C)O[C@@H]2[C@H]1O. The third kappa shape index (κ3) is 7.26. The zero-order chi connectivity index (χ0) is 19.7. The second-order valence-electron chi connectivity index (χ2n) is 8.33. The molecule has 0 bridgehead atoms. The summed E-state index contributed by atoms with van der Waals surface area (Å²) in [5.41, 5.74) is 0. The molecule has 0 aromatic carbocycles. The van der Waals surface area contributed by atoms with Gasteiger partial charge >= 0.3 is 0 Å². The number of hydrogen-bond donors (Lipinski definition) is 2. The summed E-state index contributed by atoms with van der Waals surface area (Å²) in [6, 6.07) is 0. The fourth-order valence-electron chi connectivity index (χ4n) is 3.93. The van der Waals surface area contributed by atoms with Gasteiger partial charge in [-0.05, 0) is 20.3 Å². The summed E-state index contributed by atoms with van der Waals surface area (Å²) in [4.78, 5) is 0. The first-order chi connectivity index (χ1) is 13.0. The van der Waals surface area contributed by atoms with Gasteiger partial charge in [-0.25, -0.2) is 0 Å². The Morgan fingerprint density at radius 3 is 2.00 bits per heavy atom. The molecule has 160 valence electrons. The molecule has 0 unspecified atom stereocenters. The number of rotatable bonds is 13. The van der Waals surface area contributed by atoms with Crippen LogP contribution in [-0.2, 0) is 18.9 Å². The molecule has 0 radical (unpaired) electrons. The lowest BCUT2D eigenvalue weighted by Gasteiger charge is -2.39. The summed E-state index contributed by atoms with van der Waals surface area (Å²) in [6.07, 6.45) is 9.40. The number of aliphatic hydroxyl groups is 2. The molecule has 2 fully saturated rings. The Labute approximate surface area is 164 Å². The van der Waals surface area contributed by atoms with Gasteiger partial charge in [-0.3, -0.25) is 0 Å². The largest absolute Gasteiger partial charge is 0.394 e. The first-order valence-electron chi connectivity index (χ1n) is 10.9. The standard InChI is InChI=1S/C21H40O6/c1-4-5-6-7-8-9-10-11-12-13-14-24-20-17(23)19-18(16(15-22)25-20)26-21(2,3)27-19/h16-20,22-23H,4-15H2,1-3H3/t16-,17-,18+,19-,20-/m1/s1. The van der Waals surface area contributed by atoms with Crippen molar-refractivity contribution >= 4 is 0 Å². The highest BCUT2D eigenvalue weighted by atomic mass is 16.8. The van der Waals surface area contributed by atoms with Crippen molar-refractivity contribution in [3.05, 3.63) is 0 Å². The molecule has 27 heavy (non-hydrogen) atoms. The molecule has 0 aliphatic carbocycles. The summed E-state index contributed by atoms with van der Waals surface area (Å²) >= 11 is 0. The maximum absolute atomic E-state index is 10.5. The van der Waals surface area contributed by atoms with Gasteiger partial charge in [0.1, 0.15) is 24.4 Å². The highest BCUT2D eigenvalue weighted by Gasteiger charge is 2.54. The lowest BCUT2D eigenvalue weighted by Crippen LogP contribution is -2.58. The summed E-state index contributed by atoms with van der Waals surface area (Å²) in [5, 5.41) is 20.1. The van der Waals surface area contributed by atoms with Crippen LogP contribution in [0, 0.1) is 0 Å². The van der Waals surface area contributed by atoms with Crippen molar-refractivity contribution < 1.29 is 29.2 Å². The van der Waals surface area contributed by atoms with Gasteiger partial charge in [-0.15, -0.1) is 0 Å². The third-order valence-electron chi connectivity index (χ3n) is 5.41. The molecule has 2 heterocycles. The fourth-order valence-corrected chi connectivity index (χ4v) is 3.93. The second-order valence-corrected chi connectivity index (χ2v) is 8.33. The van der Waals surface area contributed by atoms with Gasteiger partial charge < -0.3 is 29.2 Å². The number of fused-ring (bicyclic) bond motifs is 1. The molecule has 0 saturated carbocycles. The highest BCUT2D eigenvalue weighted by Crippen LogP contribution is 2.37. The van der Waals surface area contributed by atoms with Gasteiger partial charge in [0, 0.05) is 6.61 Å². The van der Waals surface area contributed by atoms with Crippen molar-refractivity contribution in [2.75, 3.05) is 13.2 Å². The Bertz CT molecular complexity index is 402. The Balaban J connectivity index is 1.58. The van der Waals surface area contributed by atoms with Crippen molar-refractivity contribution in [3.8, 4) is 0 Å². The lowest BCUT2D eigenvalue weighted by molar-refractivity contribution is -0.282. The quantitative estimate of drug-likeness (QED) is 0.470. The smallest absolute Gasteiger partial charge is 0.186 e. The van der Waals surface area contributed by atoms with Crippen molar-refractivity contribution in [1.82, 2.24) is 0 Å². The summed E-state index contributed by atoms with van der Waals surface area (Å²) in [6.45, 7) is 6.19. The van der Waals surface area contributed by atoms with Crippen molar-refractivity contribution in [2.45, 2.75) is 121 Å². The predicted octanol–water partition coefficient (Wildman–Crippen LogP) is 3.52. The van der Waals surface area contributed by atoms with Crippen molar-refractivity contribution in [2.24, 2.45) is 0 Å². The van der Waals surface area contributed by atoms with Crippen LogP contribution in [0.25, 0.3) is 0 Å². The maximum Gasteiger partial charge on any atom is 0.186 e. The lowest BCUT2D eigenvalue weighted by atomic mass is 9.99. The van der Waals surface area contributed by atoms with Crippen LogP contribution < -0.4 is 0 Å². The molecule has 0 spiro atoms. The van der Waals surface area contributed by atoms with Gasteiger partial charge in [0.25, 0.3) is 0 Å². The van der Waals surface area contributed by atoms with E-state index in [1.165, 1.54) is 51.4 Å². The number of unbranched alkanes of at least 4 members (excludes halogenated alkanes) is 9. The number of hydrogen-bond acceptors (Lipinski definition) is 6. The molecular weight excluding hydrogens is 348 g/mol. The molecule has 6 nitrogen and oxygen atoms in total. The van der Waals surface area contributed by atoms with Crippen LogP contribution >= 0.6 is 0 Å². The molecule has 0 aromatic rings. The van der Waals surface area contributed by atoms with Crippen LogP contribution in [-0.4, -0.2) is 59.9 Å². The molecule has 2 saturated heterocycles. The summed E-state index contributed by atoms with van der Waals surface area (Å²) < 4.78 is 23.0. The zero-order valence-corrected chi connectivity index (χ0v) is 17.4. The molecule has 2 N–H and O–H groups in total. The third-order valence-corrected chi connectivity index (χ3v) is 5.41. The van der Waals surface area contributed by atoms with Gasteiger partial charge in [-0.1, -0.05) is 64.7 Å². The highest BCUT2D eigenvalue weighted by molar-refractivity contribution is 4.96. The molecule has 5 atom stereocenters. The molecule has 6 heteroatoms. The minimum Gasteiger partial charge on any atom is -0.394 e. The molecule has 0 amide bonds. The normalized spacial score (nSPS) is 32.6. The Morgan fingerprint density at radius 2 is 1.41 bits per heavy atom. The van der Waals surface area contributed by atoms with Gasteiger partial charge in [-0.2, -0.15) is 0 Å². The van der Waals surface area contributed by atoms with Gasteiger partial charge in [0.05, 0.1) is 6.61 Å². The topological polar surface area (TPSA) is 77.4 Å². The Hall–Kier alpha value is -0.240. The van der Waals surface area contributed by atoms with Crippen LogP contribution in [0.5, 0.6) is 0 Å². The van der Waals surface area contributed by atoms with Gasteiger partial charge in [0.2, 0.25) is 0 Å². The molecule has 2 aliphatic rings. The van der Waals surface area contributed by atoms with E-state index in [-0.39, 0.29) is 6.61 Å². The van der Waals surface area contributed by atoms with E-state index in [1.807, 2.05) is 0 Å². The van der Waals surface area contributed by atoms with E-state index < -0.39 is 36.5 Å². The molecule has 2 rings (SSSR count). The van der Waals surface area contributed by atoms with E-state index in [0.717, 1.165) is 12.8 Å². The van der Waals surface area contributed by atoms with Crippen LogP contribution in [0.15, 0.2) is 0 Å². The van der Waals surface area contributed by atoms with Crippen LogP contribution in [0.2, 0.25) is 0 Å². The molecule has 0 aromatic heterocycles. The van der Waals surface area contributed by atoms with Gasteiger partial charge in [0.15, 0.2) is 12.1 Å². The van der Waals surface area contributed by atoms with Crippen LogP contribution in [0.3, 0.4) is 0 Å². The predicted molar refractivity (Wildman–Crippen MR) is 103 cm³/mol. The van der Waals surface area contributed by atoms with E-state index in [9.17, 15) is 10.2 Å². The Kier molecular flexibility index (Phi) is 9.97. The van der Waals surface area contributed by atoms with Crippen molar-refractivity contribution in [3.63, 3.8) is 0 Å². The van der Waals surface area contributed by atoms with E-state index in [4.69, 9.17) is 18.9 Å². The van der Waals surface area contributed by atoms with Crippen molar-refractivity contribution in [1.29, 1.82) is 0 Å². The van der Waals surface area contributed by atoms with E-state index >= 15 is 0 Å². The summed E-state index contributed by atoms with van der Waals surface area (Å²) in [5.74, 6) is -0.793. The second kappa shape index (κ2) is 11.7. The van der Waals surface area contributed by atoms with E-state index in [1.54, 1.807) is 13.8 Å². The van der Waals surface area contributed by atoms with Crippen LogP contribution in [0.1, 0.15) is 85.0 Å². The summed E-state index contributed by atoms with van der Waals surface area (Å²) in [7, 11) is 0. The number of aliphatic hydroxyl groups excluding tert-OH is 2. The average molecular weight is 389 g/mol. The zero-order valence-electron chi connectivity index (χ0n) is 17.4.